The maximum absolute atomic E-state index is 11.2. The normalized spacial score (nSPS) is 11.0. The van der Waals surface area contributed by atoms with Crippen LogP contribution in [-0.2, 0) is 6.42 Å². The van der Waals surface area contributed by atoms with E-state index in [-0.39, 0.29) is 5.69 Å². The highest BCUT2D eigenvalue weighted by Gasteiger charge is 2.18. The third kappa shape index (κ3) is 2.39. The van der Waals surface area contributed by atoms with Crippen LogP contribution in [0.1, 0.15) is 22.7 Å². The number of hydrogen-bond donors (Lipinski definition) is 2. The van der Waals surface area contributed by atoms with Crippen LogP contribution in [0, 0.1) is 0 Å². The van der Waals surface area contributed by atoms with Crippen molar-refractivity contribution in [2.75, 3.05) is 13.6 Å². The van der Waals surface area contributed by atoms with Gasteiger partial charge in [0.1, 0.15) is 5.82 Å². The average molecular weight is 312 g/mol. The summed E-state index contributed by atoms with van der Waals surface area (Å²) in [5, 5.41) is 12.2. The summed E-state index contributed by atoms with van der Waals surface area (Å²) >= 11 is 3.37. The van der Waals surface area contributed by atoms with Crippen LogP contribution in [0.3, 0.4) is 0 Å². The Morgan fingerprint density at radius 1 is 1.61 bits per heavy atom. The number of fused-ring (bicyclic) bond motifs is 1. The zero-order chi connectivity index (χ0) is 13.1. The standard InChI is InChI=1S/C12H14BrN3O2/c1-14-6-2-5-9-15-10(12(17)18)11-8(13)4-3-7-16(9)11/h3-4,7,14H,2,5-6H2,1H3,(H,17,18). The van der Waals surface area contributed by atoms with Gasteiger partial charge in [0, 0.05) is 17.1 Å². The summed E-state index contributed by atoms with van der Waals surface area (Å²) in [6, 6.07) is 3.69. The minimum Gasteiger partial charge on any atom is -0.476 e. The second-order valence-corrected chi connectivity index (χ2v) is 4.82. The number of nitrogens with one attached hydrogen (secondary N) is 1. The zero-order valence-electron chi connectivity index (χ0n) is 9.98. The first-order valence-electron chi connectivity index (χ1n) is 5.68. The Balaban J connectivity index is 2.48. The van der Waals surface area contributed by atoms with Gasteiger partial charge in [0.25, 0.3) is 0 Å². The van der Waals surface area contributed by atoms with Crippen LogP contribution in [0.15, 0.2) is 22.8 Å². The number of halogens is 1. The minimum atomic E-state index is -1.00. The molecular formula is C12H14BrN3O2. The van der Waals surface area contributed by atoms with E-state index in [1.165, 1.54) is 0 Å². The van der Waals surface area contributed by atoms with Crippen molar-refractivity contribution in [1.82, 2.24) is 14.7 Å². The lowest BCUT2D eigenvalue weighted by Crippen LogP contribution is -2.09. The average Bonchev–Trinajstić information content (AvgIpc) is 2.70. The zero-order valence-corrected chi connectivity index (χ0v) is 11.6. The number of carbonyl (C=O) groups is 1. The van der Waals surface area contributed by atoms with Crippen molar-refractivity contribution in [3.05, 3.63) is 34.3 Å². The monoisotopic (exact) mass is 311 g/mol. The largest absolute Gasteiger partial charge is 0.476 e. The van der Waals surface area contributed by atoms with E-state index < -0.39 is 5.97 Å². The molecule has 2 heterocycles. The molecule has 2 N–H and O–H groups in total. The molecule has 2 aromatic heterocycles. The quantitative estimate of drug-likeness (QED) is 0.828. The molecule has 0 saturated carbocycles. The van der Waals surface area contributed by atoms with Crippen molar-refractivity contribution >= 4 is 27.4 Å². The Hall–Kier alpha value is -1.40. The van der Waals surface area contributed by atoms with Crippen LogP contribution in [-0.4, -0.2) is 34.1 Å². The summed E-state index contributed by atoms with van der Waals surface area (Å²) in [5.74, 6) is -0.224. The maximum atomic E-state index is 11.2. The topological polar surface area (TPSA) is 66.6 Å². The van der Waals surface area contributed by atoms with Crippen LogP contribution < -0.4 is 5.32 Å². The Labute approximate surface area is 113 Å². The van der Waals surface area contributed by atoms with Crippen molar-refractivity contribution in [2.24, 2.45) is 0 Å². The van der Waals surface area contributed by atoms with Gasteiger partial charge in [-0.2, -0.15) is 0 Å². The molecule has 0 fully saturated rings. The number of carboxylic acids is 1. The van der Waals surface area contributed by atoms with Gasteiger partial charge in [0.2, 0.25) is 0 Å². The van der Waals surface area contributed by atoms with Gasteiger partial charge < -0.3 is 14.8 Å². The Bertz CT molecular complexity index is 580. The molecule has 0 aliphatic rings. The molecule has 0 bridgehead atoms. The van der Waals surface area contributed by atoms with Gasteiger partial charge in [0.15, 0.2) is 5.69 Å². The Morgan fingerprint density at radius 3 is 3.06 bits per heavy atom. The van der Waals surface area contributed by atoms with Crippen LogP contribution in [0.25, 0.3) is 5.52 Å². The van der Waals surface area contributed by atoms with Gasteiger partial charge in [-0.15, -0.1) is 0 Å². The van der Waals surface area contributed by atoms with Crippen molar-refractivity contribution in [3.8, 4) is 0 Å². The Kier molecular flexibility index (Phi) is 3.98. The second kappa shape index (κ2) is 5.49. The predicted molar refractivity (Wildman–Crippen MR) is 72.1 cm³/mol. The lowest BCUT2D eigenvalue weighted by Gasteiger charge is -2.01. The van der Waals surface area contributed by atoms with Crippen molar-refractivity contribution in [3.63, 3.8) is 0 Å². The van der Waals surface area contributed by atoms with Gasteiger partial charge >= 0.3 is 5.97 Å². The lowest BCUT2D eigenvalue weighted by atomic mass is 10.3. The van der Waals surface area contributed by atoms with Crippen LogP contribution in [0.4, 0.5) is 0 Å². The molecule has 0 atom stereocenters. The smallest absolute Gasteiger partial charge is 0.356 e. The minimum absolute atomic E-state index is 0.0990. The van der Waals surface area contributed by atoms with E-state index in [9.17, 15) is 9.90 Å². The molecule has 18 heavy (non-hydrogen) atoms. The fourth-order valence-corrected chi connectivity index (χ4v) is 2.44. The number of aryl methyl sites for hydroxylation is 1. The molecule has 96 valence electrons. The highest BCUT2D eigenvalue weighted by molar-refractivity contribution is 9.10. The molecule has 0 aromatic carbocycles. The van der Waals surface area contributed by atoms with E-state index >= 15 is 0 Å². The molecule has 0 aliphatic carbocycles. The molecule has 6 heteroatoms. The third-order valence-corrected chi connectivity index (χ3v) is 3.36. The highest BCUT2D eigenvalue weighted by Crippen LogP contribution is 2.23. The van der Waals surface area contributed by atoms with E-state index in [1.54, 1.807) is 0 Å². The molecule has 0 radical (unpaired) electrons. The number of pyridine rings is 1. The molecule has 0 unspecified atom stereocenters. The van der Waals surface area contributed by atoms with E-state index in [2.05, 4.69) is 26.2 Å². The molecular weight excluding hydrogens is 298 g/mol. The van der Waals surface area contributed by atoms with E-state index in [1.807, 2.05) is 29.8 Å². The van der Waals surface area contributed by atoms with Crippen LogP contribution >= 0.6 is 15.9 Å². The van der Waals surface area contributed by atoms with Crippen molar-refractivity contribution in [2.45, 2.75) is 12.8 Å². The van der Waals surface area contributed by atoms with Gasteiger partial charge in [-0.25, -0.2) is 9.78 Å². The number of imidazole rings is 1. The van der Waals surface area contributed by atoms with Crippen LogP contribution in [0.5, 0.6) is 0 Å². The summed E-state index contributed by atoms with van der Waals surface area (Å²) < 4.78 is 2.58. The van der Waals surface area contributed by atoms with E-state index in [0.29, 0.717) is 5.52 Å². The second-order valence-electron chi connectivity index (χ2n) is 3.96. The number of nitrogens with zero attached hydrogens (tertiary/aromatic N) is 2. The molecule has 0 saturated heterocycles. The molecule has 0 amide bonds. The maximum Gasteiger partial charge on any atom is 0.356 e. The lowest BCUT2D eigenvalue weighted by molar-refractivity contribution is 0.0693. The summed E-state index contributed by atoms with van der Waals surface area (Å²) in [7, 11) is 1.89. The first-order chi connectivity index (χ1) is 8.65. The number of hydrogen-bond acceptors (Lipinski definition) is 3. The summed E-state index contributed by atoms with van der Waals surface area (Å²) in [4.78, 5) is 15.4. The van der Waals surface area contributed by atoms with Crippen molar-refractivity contribution in [1.29, 1.82) is 0 Å². The first kappa shape index (κ1) is 13.0. The highest BCUT2D eigenvalue weighted by atomic mass is 79.9. The predicted octanol–water partition coefficient (Wildman–Crippen LogP) is 1.95. The van der Waals surface area contributed by atoms with Gasteiger partial charge in [-0.1, -0.05) is 0 Å². The summed E-state index contributed by atoms with van der Waals surface area (Å²) in [6.45, 7) is 0.880. The molecule has 0 spiro atoms. The first-order valence-corrected chi connectivity index (χ1v) is 6.47. The van der Waals surface area contributed by atoms with Gasteiger partial charge in [-0.3, -0.25) is 0 Å². The van der Waals surface area contributed by atoms with E-state index in [0.717, 1.165) is 29.7 Å². The number of aromatic carboxylic acids is 1. The summed E-state index contributed by atoms with van der Waals surface area (Å²) in [5.41, 5.74) is 0.714. The summed E-state index contributed by atoms with van der Waals surface area (Å²) in [6.07, 6.45) is 3.50. The SMILES string of the molecule is CNCCCc1nc(C(=O)O)c2c(Br)cccn12. The molecule has 5 nitrogen and oxygen atoms in total. The molecule has 2 aromatic rings. The number of aromatic nitrogens is 2. The molecule has 2 rings (SSSR count). The Morgan fingerprint density at radius 2 is 2.39 bits per heavy atom. The molecule has 0 aliphatic heterocycles. The fraction of sp³-hybridized carbons (Fsp3) is 0.333. The van der Waals surface area contributed by atoms with Gasteiger partial charge in [-0.05, 0) is 48.1 Å². The number of rotatable bonds is 5. The number of carboxylic acid groups (broad SMARTS) is 1. The van der Waals surface area contributed by atoms with Crippen LogP contribution in [0.2, 0.25) is 0 Å². The third-order valence-electron chi connectivity index (χ3n) is 2.72. The fourth-order valence-electron chi connectivity index (χ4n) is 1.91. The van der Waals surface area contributed by atoms with E-state index in [4.69, 9.17) is 0 Å². The van der Waals surface area contributed by atoms with Crippen molar-refractivity contribution < 1.29 is 9.90 Å². The van der Waals surface area contributed by atoms with Gasteiger partial charge in [0.05, 0.1) is 5.52 Å².